The summed E-state index contributed by atoms with van der Waals surface area (Å²) in [6.07, 6.45) is -0.111. The molecule has 1 saturated heterocycles. The van der Waals surface area contributed by atoms with Gasteiger partial charge in [0.05, 0.1) is 18.4 Å². The number of alkyl halides is 1. The summed E-state index contributed by atoms with van der Waals surface area (Å²) in [5.74, 6) is -3.41. The fourth-order valence-corrected chi connectivity index (χ4v) is 4.49. The van der Waals surface area contributed by atoms with E-state index in [1.807, 2.05) is 0 Å². The maximum absolute atomic E-state index is 13.8. The Morgan fingerprint density at radius 2 is 1.69 bits per heavy atom. The standard InChI is InChI=1S/C22H36FN3O6/c1-22(2,3)32-21(31)24-17(19(28)26-11-10-15(23)12-26)16(18(27)25(4)5)13-6-8-14(9-7-13)20(29)30/h13-17H,6-12H2,1-5H3,(H,24,31)(H,29,30)/t13?,14?,15-,16-,17-/m0/s1. The SMILES string of the molecule is CN(C)C(=O)[C@@H](C1CCC(C(=O)O)CC1)[C@H](NC(=O)OC(C)(C)C)C(=O)N1CC[C@H](F)C1. The van der Waals surface area contributed by atoms with Crippen LogP contribution in [0.25, 0.3) is 0 Å². The highest BCUT2D eigenvalue weighted by Crippen LogP contribution is 2.36. The second kappa shape index (κ2) is 10.5. The summed E-state index contributed by atoms with van der Waals surface area (Å²) in [4.78, 5) is 53.3. The van der Waals surface area contributed by atoms with Gasteiger partial charge in [0.15, 0.2) is 0 Å². The zero-order valence-electron chi connectivity index (χ0n) is 19.6. The fraction of sp³-hybridized carbons (Fsp3) is 0.818. The molecule has 3 atom stereocenters. The van der Waals surface area contributed by atoms with Crippen molar-refractivity contribution >= 4 is 23.9 Å². The van der Waals surface area contributed by atoms with Gasteiger partial charge in [-0.2, -0.15) is 0 Å². The highest BCUT2D eigenvalue weighted by atomic mass is 19.1. The van der Waals surface area contributed by atoms with Crippen molar-refractivity contribution in [2.45, 2.75) is 70.7 Å². The van der Waals surface area contributed by atoms with Gasteiger partial charge < -0.3 is 25.0 Å². The van der Waals surface area contributed by atoms with Crippen molar-refractivity contribution in [3.8, 4) is 0 Å². The van der Waals surface area contributed by atoms with Gasteiger partial charge in [-0.25, -0.2) is 9.18 Å². The molecule has 182 valence electrons. The zero-order chi connectivity index (χ0) is 24.2. The van der Waals surface area contributed by atoms with Crippen LogP contribution < -0.4 is 5.32 Å². The number of nitrogens with zero attached hydrogens (tertiary/aromatic N) is 2. The van der Waals surface area contributed by atoms with Crippen LogP contribution in [-0.2, 0) is 19.1 Å². The number of rotatable bonds is 6. The molecule has 0 spiro atoms. The van der Waals surface area contributed by atoms with E-state index in [0.717, 1.165) is 0 Å². The number of aliphatic carboxylic acids is 1. The van der Waals surface area contributed by atoms with Gasteiger partial charge in [-0.3, -0.25) is 14.4 Å². The molecule has 3 amide bonds. The summed E-state index contributed by atoms with van der Waals surface area (Å²) in [6, 6.07) is -1.23. The van der Waals surface area contributed by atoms with Gasteiger partial charge in [-0.15, -0.1) is 0 Å². The van der Waals surface area contributed by atoms with Crippen molar-refractivity contribution in [3.63, 3.8) is 0 Å². The quantitative estimate of drug-likeness (QED) is 0.631. The smallest absolute Gasteiger partial charge is 0.408 e. The summed E-state index contributed by atoms with van der Waals surface area (Å²) in [5.41, 5.74) is -0.810. The molecule has 0 aromatic heterocycles. The zero-order valence-corrected chi connectivity index (χ0v) is 19.6. The molecule has 1 aliphatic heterocycles. The average molecular weight is 458 g/mol. The highest BCUT2D eigenvalue weighted by molar-refractivity contribution is 5.92. The number of alkyl carbamates (subject to hydrolysis) is 1. The highest BCUT2D eigenvalue weighted by Gasteiger charge is 2.45. The van der Waals surface area contributed by atoms with E-state index in [1.165, 1.54) is 9.80 Å². The molecule has 2 N–H and O–H groups in total. The molecule has 9 nitrogen and oxygen atoms in total. The number of likely N-dealkylation sites (tertiary alicyclic amines) is 1. The summed E-state index contributed by atoms with van der Waals surface area (Å²) in [5, 5.41) is 11.9. The number of carbonyl (C=O) groups excluding carboxylic acids is 3. The lowest BCUT2D eigenvalue weighted by molar-refractivity contribution is -0.146. The first-order chi connectivity index (χ1) is 14.8. The molecule has 32 heavy (non-hydrogen) atoms. The molecule has 0 unspecified atom stereocenters. The fourth-order valence-electron chi connectivity index (χ4n) is 4.49. The van der Waals surface area contributed by atoms with E-state index in [0.29, 0.717) is 25.7 Å². The molecule has 0 bridgehead atoms. The maximum atomic E-state index is 13.8. The average Bonchev–Trinajstić information content (AvgIpc) is 3.12. The first-order valence-electron chi connectivity index (χ1n) is 11.2. The van der Waals surface area contributed by atoms with Crippen LogP contribution in [0, 0.1) is 17.8 Å². The molecule has 2 rings (SSSR count). The Morgan fingerprint density at radius 3 is 2.12 bits per heavy atom. The van der Waals surface area contributed by atoms with Gasteiger partial charge >= 0.3 is 12.1 Å². The molecular formula is C22H36FN3O6. The Kier molecular flexibility index (Phi) is 8.47. The van der Waals surface area contributed by atoms with Crippen molar-refractivity contribution in [1.29, 1.82) is 0 Å². The van der Waals surface area contributed by atoms with Gasteiger partial charge in [0.1, 0.15) is 17.8 Å². The summed E-state index contributed by atoms with van der Waals surface area (Å²) < 4.78 is 19.1. The topological polar surface area (TPSA) is 116 Å². The summed E-state index contributed by atoms with van der Waals surface area (Å²) in [7, 11) is 3.14. The Hall–Kier alpha value is -2.39. The molecule has 2 aliphatic rings. The van der Waals surface area contributed by atoms with E-state index < -0.39 is 47.6 Å². The number of carbonyl (C=O) groups is 4. The first-order valence-corrected chi connectivity index (χ1v) is 11.2. The number of ether oxygens (including phenoxy) is 1. The van der Waals surface area contributed by atoms with Crippen molar-refractivity contribution in [3.05, 3.63) is 0 Å². The number of amides is 3. The third kappa shape index (κ3) is 6.80. The number of hydrogen-bond acceptors (Lipinski definition) is 5. The lowest BCUT2D eigenvalue weighted by atomic mass is 9.72. The Morgan fingerprint density at radius 1 is 1.09 bits per heavy atom. The predicted octanol–water partition coefficient (Wildman–Crippen LogP) is 2.05. The minimum atomic E-state index is -1.23. The largest absolute Gasteiger partial charge is 0.481 e. The summed E-state index contributed by atoms with van der Waals surface area (Å²) in [6.45, 7) is 5.19. The van der Waals surface area contributed by atoms with Crippen LogP contribution in [0.1, 0.15) is 52.9 Å². The number of carboxylic acids is 1. The summed E-state index contributed by atoms with van der Waals surface area (Å²) >= 11 is 0. The minimum absolute atomic E-state index is 0.0834. The number of nitrogens with one attached hydrogen (secondary N) is 1. The number of hydrogen-bond donors (Lipinski definition) is 2. The van der Waals surface area contributed by atoms with Crippen molar-refractivity contribution in [2.75, 3.05) is 27.2 Å². The van der Waals surface area contributed by atoms with Gasteiger partial charge in [0, 0.05) is 20.6 Å². The molecule has 0 aromatic rings. The van der Waals surface area contributed by atoms with Crippen LogP contribution in [0.15, 0.2) is 0 Å². The molecule has 10 heteroatoms. The lowest BCUT2D eigenvalue weighted by Gasteiger charge is -2.38. The van der Waals surface area contributed by atoms with Crippen molar-refractivity contribution in [2.24, 2.45) is 17.8 Å². The third-order valence-electron chi connectivity index (χ3n) is 6.09. The van der Waals surface area contributed by atoms with Crippen molar-refractivity contribution < 1.29 is 33.4 Å². The Balaban J connectivity index is 2.34. The monoisotopic (exact) mass is 457 g/mol. The number of halogens is 1. The van der Waals surface area contributed by atoms with Gasteiger partial charge in [0.25, 0.3) is 0 Å². The van der Waals surface area contributed by atoms with E-state index in [1.54, 1.807) is 34.9 Å². The second-order valence-electron chi connectivity index (χ2n) is 10.0. The van der Waals surface area contributed by atoms with Gasteiger partial charge in [0.2, 0.25) is 11.8 Å². The van der Waals surface area contributed by atoms with E-state index >= 15 is 0 Å². The third-order valence-corrected chi connectivity index (χ3v) is 6.09. The Labute approximate surface area is 188 Å². The normalized spacial score (nSPS) is 25.6. The first kappa shape index (κ1) is 25.9. The molecule has 1 heterocycles. The van der Waals surface area contributed by atoms with Crippen LogP contribution >= 0.6 is 0 Å². The van der Waals surface area contributed by atoms with Gasteiger partial charge in [-0.05, 0) is 58.8 Å². The molecule has 1 aliphatic carbocycles. The van der Waals surface area contributed by atoms with Crippen molar-refractivity contribution in [1.82, 2.24) is 15.1 Å². The van der Waals surface area contributed by atoms with Crippen LogP contribution in [-0.4, -0.2) is 83.8 Å². The molecule has 1 saturated carbocycles. The second-order valence-corrected chi connectivity index (χ2v) is 10.0. The van der Waals surface area contributed by atoms with E-state index in [9.17, 15) is 28.7 Å². The molecule has 0 radical (unpaired) electrons. The molecular weight excluding hydrogens is 421 g/mol. The van der Waals surface area contributed by atoms with Crippen LogP contribution in [0.5, 0.6) is 0 Å². The molecule has 0 aromatic carbocycles. The molecule has 2 fully saturated rings. The lowest BCUT2D eigenvalue weighted by Crippen LogP contribution is -2.58. The van der Waals surface area contributed by atoms with Crippen LogP contribution in [0.2, 0.25) is 0 Å². The van der Waals surface area contributed by atoms with Crippen LogP contribution in [0.4, 0.5) is 9.18 Å². The van der Waals surface area contributed by atoms with Gasteiger partial charge in [-0.1, -0.05) is 0 Å². The van der Waals surface area contributed by atoms with E-state index in [2.05, 4.69) is 5.32 Å². The minimum Gasteiger partial charge on any atom is -0.481 e. The van der Waals surface area contributed by atoms with Crippen LogP contribution in [0.3, 0.4) is 0 Å². The maximum Gasteiger partial charge on any atom is 0.408 e. The Bertz CT molecular complexity index is 715. The van der Waals surface area contributed by atoms with E-state index in [-0.39, 0.29) is 31.3 Å². The predicted molar refractivity (Wildman–Crippen MR) is 115 cm³/mol. The number of carboxylic acid groups (broad SMARTS) is 1. The van der Waals surface area contributed by atoms with E-state index in [4.69, 9.17) is 4.74 Å².